The van der Waals surface area contributed by atoms with E-state index in [1.165, 1.54) is 69.8 Å². The van der Waals surface area contributed by atoms with E-state index in [0.29, 0.717) is 0 Å². The van der Waals surface area contributed by atoms with Gasteiger partial charge < -0.3 is 4.74 Å². The van der Waals surface area contributed by atoms with Gasteiger partial charge in [0, 0.05) is 6.61 Å². The maximum absolute atomic E-state index is 6.35. The lowest BCUT2D eigenvalue weighted by Gasteiger charge is -2.41. The average molecular weight is 294 g/mol. The van der Waals surface area contributed by atoms with Gasteiger partial charge in [0.25, 0.3) is 0 Å². The minimum absolute atomic E-state index is 0.0783. The zero-order chi connectivity index (χ0) is 15.0. The van der Waals surface area contributed by atoms with Crippen molar-refractivity contribution in [2.75, 3.05) is 6.61 Å². The van der Waals surface area contributed by atoms with Gasteiger partial charge in [0.2, 0.25) is 0 Å². The van der Waals surface area contributed by atoms with Crippen molar-refractivity contribution in [2.24, 2.45) is 5.84 Å². The highest BCUT2D eigenvalue weighted by molar-refractivity contribution is 5.18. The monoisotopic (exact) mass is 294 g/mol. The minimum Gasteiger partial charge on any atom is -0.373 e. The summed E-state index contributed by atoms with van der Waals surface area (Å²) in [6.07, 6.45) is 17.7. The number of hydrazine groups is 1. The van der Waals surface area contributed by atoms with Crippen LogP contribution in [-0.4, -0.2) is 18.2 Å². The van der Waals surface area contributed by atoms with E-state index in [-0.39, 0.29) is 11.6 Å². The molecule has 0 saturated heterocycles. The summed E-state index contributed by atoms with van der Waals surface area (Å²) in [7, 11) is 0. The molecule has 0 bridgehead atoms. The van der Waals surface area contributed by atoms with Crippen LogP contribution in [0.25, 0.3) is 0 Å². The predicted molar refractivity (Wildman–Crippen MR) is 89.0 cm³/mol. The van der Waals surface area contributed by atoms with Gasteiger partial charge in [0.1, 0.15) is 0 Å². The summed E-state index contributed by atoms with van der Waals surface area (Å²) < 4.78 is 6.35. The molecule has 2 aliphatic rings. The van der Waals surface area contributed by atoms with Crippen molar-refractivity contribution >= 4 is 0 Å². The molecule has 0 spiro atoms. The lowest BCUT2D eigenvalue weighted by Crippen LogP contribution is -2.56. The van der Waals surface area contributed by atoms with Crippen LogP contribution in [0.3, 0.4) is 0 Å². The van der Waals surface area contributed by atoms with Gasteiger partial charge in [-0.2, -0.15) is 0 Å². The van der Waals surface area contributed by atoms with E-state index in [0.717, 1.165) is 19.4 Å². The molecular weight excluding hydrogens is 260 g/mol. The molecule has 2 rings (SSSR count). The zero-order valence-corrected chi connectivity index (χ0v) is 13.8. The van der Waals surface area contributed by atoms with Crippen molar-refractivity contribution in [3.63, 3.8) is 0 Å². The van der Waals surface area contributed by atoms with E-state index in [1.54, 1.807) is 0 Å². The van der Waals surface area contributed by atoms with Crippen LogP contribution in [0, 0.1) is 0 Å². The summed E-state index contributed by atoms with van der Waals surface area (Å²) in [5, 5.41) is 0. The Morgan fingerprint density at radius 3 is 2.43 bits per heavy atom. The fourth-order valence-corrected chi connectivity index (χ4v) is 4.21. The molecule has 0 aromatic carbocycles. The molecule has 1 atom stereocenters. The molecule has 0 heterocycles. The Balaban J connectivity index is 2.20. The van der Waals surface area contributed by atoms with Crippen LogP contribution in [0.15, 0.2) is 11.6 Å². The van der Waals surface area contributed by atoms with Crippen molar-refractivity contribution in [3.05, 3.63) is 11.6 Å². The third-order valence-electron chi connectivity index (χ3n) is 5.27. The maximum atomic E-state index is 6.35. The molecule has 1 fully saturated rings. The normalized spacial score (nSPS) is 25.3. The Hall–Kier alpha value is -0.380. The van der Waals surface area contributed by atoms with Gasteiger partial charge in [0.15, 0.2) is 0 Å². The standard InChI is InChI=1S/C18H34N2O/c1-2-21-18(14-10-6-7-11-15-18)17(20-19)16-12-8-4-3-5-9-13-16/h12,17,20H,2-11,13-15,19H2,1H3. The first kappa shape index (κ1) is 17.0. The molecule has 21 heavy (non-hydrogen) atoms. The van der Waals surface area contributed by atoms with Gasteiger partial charge in [-0.1, -0.05) is 50.2 Å². The van der Waals surface area contributed by atoms with Gasteiger partial charge in [0.05, 0.1) is 11.6 Å². The number of rotatable bonds is 5. The molecule has 1 unspecified atom stereocenters. The Morgan fingerprint density at radius 2 is 1.76 bits per heavy atom. The largest absolute Gasteiger partial charge is 0.373 e. The Morgan fingerprint density at radius 1 is 1.10 bits per heavy atom. The van der Waals surface area contributed by atoms with Crippen molar-refractivity contribution in [1.29, 1.82) is 0 Å². The quantitative estimate of drug-likeness (QED) is 0.345. The number of ether oxygens (including phenoxy) is 1. The SMILES string of the molecule is CCOC1(C(NN)C2=CCCCCCC2)CCCCCC1. The maximum Gasteiger partial charge on any atom is 0.0885 e. The number of nitrogens with two attached hydrogens (primary N) is 1. The fraction of sp³-hybridized carbons (Fsp3) is 0.889. The molecule has 122 valence electrons. The highest BCUT2D eigenvalue weighted by Crippen LogP contribution is 2.37. The van der Waals surface area contributed by atoms with Gasteiger partial charge in [-0.3, -0.25) is 11.3 Å². The van der Waals surface area contributed by atoms with E-state index in [9.17, 15) is 0 Å². The van der Waals surface area contributed by atoms with Crippen molar-refractivity contribution < 1.29 is 4.74 Å². The number of hydrogen-bond donors (Lipinski definition) is 2. The molecule has 0 radical (unpaired) electrons. The van der Waals surface area contributed by atoms with E-state index in [1.807, 2.05) is 0 Å². The van der Waals surface area contributed by atoms with Crippen molar-refractivity contribution in [3.8, 4) is 0 Å². The van der Waals surface area contributed by atoms with Crippen molar-refractivity contribution in [2.45, 2.75) is 95.6 Å². The summed E-state index contributed by atoms with van der Waals surface area (Å²) >= 11 is 0. The molecule has 0 amide bonds. The van der Waals surface area contributed by atoms with Gasteiger partial charge >= 0.3 is 0 Å². The zero-order valence-electron chi connectivity index (χ0n) is 13.8. The van der Waals surface area contributed by atoms with Gasteiger partial charge in [-0.05, 0) is 45.4 Å². The molecule has 2 aliphatic carbocycles. The van der Waals surface area contributed by atoms with Crippen LogP contribution in [0.5, 0.6) is 0 Å². The Labute approximate surface area is 130 Å². The van der Waals surface area contributed by atoms with Crippen LogP contribution in [0.4, 0.5) is 0 Å². The highest BCUT2D eigenvalue weighted by Gasteiger charge is 2.41. The second-order valence-electron chi connectivity index (χ2n) is 6.74. The lowest BCUT2D eigenvalue weighted by molar-refractivity contribution is -0.0693. The van der Waals surface area contributed by atoms with Gasteiger partial charge in [-0.25, -0.2) is 0 Å². The molecule has 1 saturated carbocycles. The second-order valence-corrected chi connectivity index (χ2v) is 6.74. The van der Waals surface area contributed by atoms with E-state index in [2.05, 4.69) is 18.4 Å². The van der Waals surface area contributed by atoms with Crippen LogP contribution < -0.4 is 11.3 Å². The molecule has 3 N–H and O–H groups in total. The fourth-order valence-electron chi connectivity index (χ4n) is 4.21. The smallest absolute Gasteiger partial charge is 0.0885 e. The summed E-state index contributed by atoms with van der Waals surface area (Å²) in [4.78, 5) is 0. The predicted octanol–water partition coefficient (Wildman–Crippen LogP) is 4.23. The van der Waals surface area contributed by atoms with Crippen molar-refractivity contribution in [1.82, 2.24) is 5.43 Å². The van der Waals surface area contributed by atoms with Gasteiger partial charge in [-0.15, -0.1) is 0 Å². The number of hydrogen-bond acceptors (Lipinski definition) is 3. The molecular formula is C18H34N2O. The lowest BCUT2D eigenvalue weighted by atomic mass is 9.79. The highest BCUT2D eigenvalue weighted by atomic mass is 16.5. The third-order valence-corrected chi connectivity index (χ3v) is 5.27. The molecule has 0 aliphatic heterocycles. The number of nitrogens with one attached hydrogen (secondary N) is 1. The number of allylic oxidation sites excluding steroid dienone is 1. The molecule has 0 aromatic rings. The van der Waals surface area contributed by atoms with Crippen LogP contribution in [-0.2, 0) is 4.74 Å². The first-order valence-electron chi connectivity index (χ1n) is 9.11. The second kappa shape index (κ2) is 8.92. The Bertz CT molecular complexity index is 319. The summed E-state index contributed by atoms with van der Waals surface area (Å²) in [5.74, 6) is 6.02. The van der Waals surface area contributed by atoms with E-state index in [4.69, 9.17) is 10.6 Å². The third kappa shape index (κ3) is 4.54. The molecule has 3 nitrogen and oxygen atoms in total. The average Bonchev–Trinajstić information content (AvgIpc) is 2.68. The van der Waals surface area contributed by atoms with Crippen LogP contribution in [0.2, 0.25) is 0 Å². The first-order chi connectivity index (χ1) is 10.3. The topological polar surface area (TPSA) is 47.3 Å². The first-order valence-corrected chi connectivity index (χ1v) is 9.11. The molecule has 3 heteroatoms. The minimum atomic E-state index is -0.0783. The summed E-state index contributed by atoms with van der Waals surface area (Å²) in [6, 6.07) is 0.202. The van der Waals surface area contributed by atoms with E-state index >= 15 is 0 Å². The Kier molecular flexibility index (Phi) is 7.21. The summed E-state index contributed by atoms with van der Waals surface area (Å²) in [6.45, 7) is 2.90. The van der Waals surface area contributed by atoms with Crippen LogP contribution in [0.1, 0.15) is 84.0 Å². The molecule has 0 aromatic heterocycles. The summed E-state index contributed by atoms with van der Waals surface area (Å²) in [5.41, 5.74) is 4.58. The van der Waals surface area contributed by atoms with E-state index < -0.39 is 0 Å². The van der Waals surface area contributed by atoms with Crippen LogP contribution >= 0.6 is 0 Å².